The number of rotatable bonds is 2. The lowest BCUT2D eigenvalue weighted by molar-refractivity contribution is -0.130. The third-order valence-corrected chi connectivity index (χ3v) is 5.25. The molecule has 0 fully saturated rings. The molecule has 0 unspecified atom stereocenters. The zero-order valence-electron chi connectivity index (χ0n) is 14.2. The molecule has 1 aromatic carbocycles. The Morgan fingerprint density at radius 3 is 2.96 bits per heavy atom. The third kappa shape index (κ3) is 2.53. The molecule has 2 N–H and O–H groups in total. The summed E-state index contributed by atoms with van der Waals surface area (Å²) in [7, 11) is 1.89. The largest absolute Gasteiger partial charge is 0.457 e. The van der Waals surface area contributed by atoms with Crippen molar-refractivity contribution in [3.63, 3.8) is 0 Å². The lowest BCUT2D eigenvalue weighted by atomic mass is 9.95. The highest BCUT2D eigenvalue weighted by molar-refractivity contribution is 6.36. The summed E-state index contributed by atoms with van der Waals surface area (Å²) in [5.41, 5.74) is 10.3. The molecule has 3 aromatic rings. The number of hydrogen-bond acceptors (Lipinski definition) is 4. The molecular formula is C18H19ClN4O2. The molecule has 0 aliphatic carbocycles. The van der Waals surface area contributed by atoms with E-state index in [1.54, 1.807) is 9.58 Å². The Morgan fingerprint density at radius 2 is 2.28 bits per heavy atom. The molecule has 25 heavy (non-hydrogen) atoms. The normalized spacial score (nSPS) is 14.2. The van der Waals surface area contributed by atoms with Crippen molar-refractivity contribution in [2.75, 3.05) is 13.1 Å². The van der Waals surface area contributed by atoms with Gasteiger partial charge >= 0.3 is 0 Å². The number of carbonyl (C=O) groups excluding carboxylic acids is 1. The van der Waals surface area contributed by atoms with Crippen LogP contribution in [0, 0.1) is 6.92 Å². The highest BCUT2D eigenvalue weighted by atomic mass is 35.5. The summed E-state index contributed by atoms with van der Waals surface area (Å²) in [6.07, 6.45) is 4.55. The number of fused-ring (bicyclic) bond motifs is 3. The number of furan rings is 1. The summed E-state index contributed by atoms with van der Waals surface area (Å²) in [6, 6.07) is 2.08. The number of amides is 1. The van der Waals surface area contributed by atoms with Crippen molar-refractivity contribution < 1.29 is 9.21 Å². The van der Waals surface area contributed by atoms with Crippen molar-refractivity contribution in [1.29, 1.82) is 0 Å². The first-order chi connectivity index (χ1) is 12.0. The van der Waals surface area contributed by atoms with E-state index in [0.717, 1.165) is 39.8 Å². The van der Waals surface area contributed by atoms with Crippen LogP contribution in [0.1, 0.15) is 16.9 Å². The number of nitrogens with two attached hydrogens (primary N) is 1. The first kappa shape index (κ1) is 16.2. The lowest BCUT2D eigenvalue weighted by Gasteiger charge is -2.25. The minimum atomic E-state index is -0.0686. The van der Waals surface area contributed by atoms with Crippen LogP contribution in [-0.4, -0.2) is 33.7 Å². The van der Waals surface area contributed by atoms with Crippen LogP contribution in [0.4, 0.5) is 0 Å². The third-order valence-electron chi connectivity index (χ3n) is 4.78. The van der Waals surface area contributed by atoms with Gasteiger partial charge in [0, 0.05) is 36.3 Å². The second-order valence-electron chi connectivity index (χ2n) is 6.44. The highest BCUT2D eigenvalue weighted by Crippen LogP contribution is 2.42. The Kier molecular flexibility index (Phi) is 3.81. The molecule has 0 spiro atoms. The van der Waals surface area contributed by atoms with Crippen LogP contribution in [0.3, 0.4) is 0 Å². The van der Waals surface area contributed by atoms with Gasteiger partial charge < -0.3 is 15.1 Å². The van der Waals surface area contributed by atoms with Gasteiger partial charge in [0.05, 0.1) is 24.3 Å². The summed E-state index contributed by atoms with van der Waals surface area (Å²) in [6.45, 7) is 3.04. The van der Waals surface area contributed by atoms with E-state index in [0.29, 0.717) is 23.7 Å². The first-order valence-electron chi connectivity index (χ1n) is 8.19. The van der Waals surface area contributed by atoms with Gasteiger partial charge in [-0.15, -0.1) is 0 Å². The molecule has 3 heterocycles. The summed E-state index contributed by atoms with van der Waals surface area (Å²) >= 11 is 6.52. The SMILES string of the molecule is Cc1cc(-c2cnn(C)c2)c2c3c(oc2c1Cl)CN(C(=O)CN)CC3. The molecule has 4 rings (SSSR count). The summed E-state index contributed by atoms with van der Waals surface area (Å²) in [4.78, 5) is 13.7. The van der Waals surface area contributed by atoms with E-state index in [4.69, 9.17) is 21.8 Å². The maximum Gasteiger partial charge on any atom is 0.236 e. The zero-order valence-corrected chi connectivity index (χ0v) is 14.9. The molecular weight excluding hydrogens is 340 g/mol. The van der Waals surface area contributed by atoms with Gasteiger partial charge in [0.2, 0.25) is 5.91 Å². The average Bonchev–Trinajstić information content (AvgIpc) is 3.20. The quantitative estimate of drug-likeness (QED) is 0.764. The Morgan fingerprint density at radius 1 is 1.48 bits per heavy atom. The number of aromatic nitrogens is 2. The maximum atomic E-state index is 11.9. The molecule has 130 valence electrons. The van der Waals surface area contributed by atoms with Gasteiger partial charge in [-0.05, 0) is 30.5 Å². The average molecular weight is 359 g/mol. The van der Waals surface area contributed by atoms with Crippen LogP contribution in [0.5, 0.6) is 0 Å². The second kappa shape index (κ2) is 5.89. The maximum absolute atomic E-state index is 11.9. The predicted molar refractivity (Wildman–Crippen MR) is 96.3 cm³/mol. The number of nitrogens with zero attached hydrogens (tertiary/aromatic N) is 3. The van der Waals surface area contributed by atoms with E-state index < -0.39 is 0 Å². The number of hydrogen-bond donors (Lipinski definition) is 1. The lowest BCUT2D eigenvalue weighted by Crippen LogP contribution is -2.39. The molecule has 1 amide bonds. The molecule has 0 saturated heterocycles. The van der Waals surface area contributed by atoms with Gasteiger partial charge in [-0.25, -0.2) is 0 Å². The second-order valence-corrected chi connectivity index (χ2v) is 6.81. The summed E-state index contributed by atoms with van der Waals surface area (Å²) in [5.74, 6) is 0.724. The minimum Gasteiger partial charge on any atom is -0.457 e. The zero-order chi connectivity index (χ0) is 17.7. The Hall–Kier alpha value is -2.31. The van der Waals surface area contributed by atoms with Crippen LogP contribution in [0.15, 0.2) is 22.9 Å². The van der Waals surface area contributed by atoms with Crippen molar-refractivity contribution in [3.05, 3.63) is 40.4 Å². The summed E-state index contributed by atoms with van der Waals surface area (Å²) < 4.78 is 7.88. The van der Waals surface area contributed by atoms with Gasteiger partial charge in [0.1, 0.15) is 5.76 Å². The fourth-order valence-corrected chi connectivity index (χ4v) is 3.69. The van der Waals surface area contributed by atoms with Crippen LogP contribution in [0.25, 0.3) is 22.1 Å². The molecule has 2 aromatic heterocycles. The number of benzene rings is 1. The van der Waals surface area contributed by atoms with Gasteiger partial charge in [0.15, 0.2) is 5.58 Å². The predicted octanol–water partition coefficient (Wildman–Crippen LogP) is 2.64. The van der Waals surface area contributed by atoms with Gasteiger partial charge in [-0.2, -0.15) is 5.10 Å². The van der Waals surface area contributed by atoms with Gasteiger partial charge in [-0.3, -0.25) is 9.48 Å². The smallest absolute Gasteiger partial charge is 0.236 e. The van der Waals surface area contributed by atoms with Crippen molar-refractivity contribution in [2.45, 2.75) is 19.9 Å². The van der Waals surface area contributed by atoms with Crippen molar-refractivity contribution in [2.24, 2.45) is 12.8 Å². The number of halogens is 1. The molecule has 0 saturated carbocycles. The van der Waals surface area contributed by atoms with Crippen LogP contribution < -0.4 is 5.73 Å². The molecule has 6 nitrogen and oxygen atoms in total. The number of carbonyl (C=O) groups is 1. The van der Waals surface area contributed by atoms with E-state index >= 15 is 0 Å². The van der Waals surface area contributed by atoms with Gasteiger partial charge in [0.25, 0.3) is 0 Å². The first-order valence-corrected chi connectivity index (χ1v) is 8.57. The summed E-state index contributed by atoms with van der Waals surface area (Å²) in [5, 5.41) is 5.93. The van der Waals surface area contributed by atoms with Crippen molar-refractivity contribution >= 4 is 28.5 Å². The molecule has 0 bridgehead atoms. The minimum absolute atomic E-state index is 0.0103. The fourth-order valence-electron chi connectivity index (χ4n) is 3.50. The Balaban J connectivity index is 1.93. The molecule has 7 heteroatoms. The molecule has 0 atom stereocenters. The Labute approximate surface area is 150 Å². The standard InChI is InChI=1S/C18H19ClN4O2/c1-10-5-13(11-7-21-22(2)8-11)16-12-3-4-23(15(24)6-20)9-14(12)25-18(16)17(10)19/h5,7-8H,3-4,6,9,20H2,1-2H3. The van der Waals surface area contributed by atoms with Crippen LogP contribution >= 0.6 is 11.6 Å². The number of aryl methyl sites for hydroxylation is 2. The Bertz CT molecular complexity index is 989. The van der Waals surface area contributed by atoms with Crippen molar-refractivity contribution in [1.82, 2.24) is 14.7 Å². The van der Waals surface area contributed by atoms with E-state index in [1.807, 2.05) is 26.4 Å². The highest BCUT2D eigenvalue weighted by Gasteiger charge is 2.28. The van der Waals surface area contributed by atoms with Crippen LogP contribution in [0.2, 0.25) is 5.02 Å². The van der Waals surface area contributed by atoms with E-state index in [1.165, 1.54) is 0 Å². The van der Waals surface area contributed by atoms with Crippen molar-refractivity contribution in [3.8, 4) is 11.1 Å². The fraction of sp³-hybridized carbons (Fsp3) is 0.333. The van der Waals surface area contributed by atoms with Crippen LogP contribution in [-0.2, 0) is 24.8 Å². The van der Waals surface area contributed by atoms with Gasteiger partial charge in [-0.1, -0.05) is 11.6 Å². The molecule has 1 aliphatic rings. The van der Waals surface area contributed by atoms with E-state index in [-0.39, 0.29) is 12.5 Å². The topological polar surface area (TPSA) is 77.3 Å². The van der Waals surface area contributed by atoms with E-state index in [2.05, 4.69) is 11.2 Å². The van der Waals surface area contributed by atoms with E-state index in [9.17, 15) is 4.79 Å². The molecule has 0 radical (unpaired) electrons. The monoisotopic (exact) mass is 358 g/mol. The molecule has 1 aliphatic heterocycles.